The van der Waals surface area contributed by atoms with Crippen LogP contribution in [0.2, 0.25) is 0 Å². The zero-order chi connectivity index (χ0) is 17.9. The van der Waals surface area contributed by atoms with Gasteiger partial charge in [0.1, 0.15) is 0 Å². The Labute approximate surface area is 156 Å². The minimum atomic E-state index is -3.40. The second-order valence-corrected chi connectivity index (χ2v) is 9.45. The summed E-state index contributed by atoms with van der Waals surface area (Å²) in [7, 11) is -3.40. The summed E-state index contributed by atoms with van der Waals surface area (Å²) in [6.07, 6.45) is 6.75. The van der Waals surface area contributed by atoms with Crippen LogP contribution in [-0.4, -0.2) is 37.0 Å². The maximum absolute atomic E-state index is 12.7. The van der Waals surface area contributed by atoms with Crippen LogP contribution in [0.4, 0.5) is 5.69 Å². The standard InChI is InChI=1S/C18H27N3O2S2/c1-14-7-2-3-10-17(14)20-18(24)19-15-8-6-9-16(13-15)25(22,23)21-11-4-5-12-21/h6,8-9,13-14,17H,2-5,7,10-12H2,1H3,(H2,19,20,24)/t14-,17+/m1/s1. The van der Waals surface area contributed by atoms with Crippen LogP contribution in [0.1, 0.15) is 45.4 Å². The van der Waals surface area contributed by atoms with Gasteiger partial charge in [-0.2, -0.15) is 4.31 Å². The quantitative estimate of drug-likeness (QED) is 0.784. The Balaban J connectivity index is 1.66. The number of thiocarbonyl (C=S) groups is 1. The maximum atomic E-state index is 12.7. The lowest BCUT2D eigenvalue weighted by Crippen LogP contribution is -2.43. The van der Waals surface area contributed by atoms with Crippen LogP contribution in [0.15, 0.2) is 29.2 Å². The minimum Gasteiger partial charge on any atom is -0.359 e. The maximum Gasteiger partial charge on any atom is 0.243 e. The van der Waals surface area contributed by atoms with E-state index in [4.69, 9.17) is 12.2 Å². The van der Waals surface area contributed by atoms with Crippen molar-refractivity contribution in [3.8, 4) is 0 Å². The molecule has 0 amide bonds. The van der Waals surface area contributed by atoms with Crippen molar-refractivity contribution in [1.29, 1.82) is 0 Å². The van der Waals surface area contributed by atoms with Crippen molar-refractivity contribution in [3.63, 3.8) is 0 Å². The van der Waals surface area contributed by atoms with Crippen LogP contribution < -0.4 is 10.6 Å². The van der Waals surface area contributed by atoms with Gasteiger partial charge in [-0.15, -0.1) is 0 Å². The van der Waals surface area contributed by atoms with E-state index < -0.39 is 10.0 Å². The van der Waals surface area contributed by atoms with Crippen LogP contribution in [0.25, 0.3) is 0 Å². The van der Waals surface area contributed by atoms with Gasteiger partial charge < -0.3 is 10.6 Å². The van der Waals surface area contributed by atoms with Crippen LogP contribution in [0, 0.1) is 5.92 Å². The molecule has 0 radical (unpaired) electrons. The smallest absolute Gasteiger partial charge is 0.243 e. The first-order chi connectivity index (χ1) is 12.0. The Morgan fingerprint density at radius 3 is 2.60 bits per heavy atom. The highest BCUT2D eigenvalue weighted by Gasteiger charge is 2.27. The molecule has 2 atom stereocenters. The number of nitrogens with one attached hydrogen (secondary N) is 2. The number of rotatable bonds is 4. The van der Waals surface area contributed by atoms with Gasteiger partial charge in [0.05, 0.1) is 4.90 Å². The molecule has 0 spiro atoms. The summed E-state index contributed by atoms with van der Waals surface area (Å²) < 4.78 is 26.9. The van der Waals surface area contributed by atoms with Crippen molar-refractivity contribution >= 4 is 33.0 Å². The van der Waals surface area contributed by atoms with Crippen molar-refractivity contribution in [1.82, 2.24) is 9.62 Å². The lowest BCUT2D eigenvalue weighted by atomic mass is 9.86. The zero-order valence-corrected chi connectivity index (χ0v) is 16.3. The fraction of sp³-hybridized carbons (Fsp3) is 0.611. The SMILES string of the molecule is C[C@@H]1CCCC[C@@H]1NC(=S)Nc1cccc(S(=O)(=O)N2CCCC2)c1. The first-order valence-corrected chi connectivity index (χ1v) is 11.0. The Bertz CT molecular complexity index is 715. The predicted molar refractivity (Wildman–Crippen MR) is 105 cm³/mol. The number of nitrogens with zero attached hydrogens (tertiary/aromatic N) is 1. The third kappa shape index (κ3) is 4.51. The van der Waals surface area contributed by atoms with Gasteiger partial charge in [0.25, 0.3) is 0 Å². The van der Waals surface area contributed by atoms with Gasteiger partial charge in [0.15, 0.2) is 5.11 Å². The third-order valence-corrected chi connectivity index (χ3v) is 7.34. The first-order valence-electron chi connectivity index (χ1n) is 9.14. The molecule has 0 unspecified atom stereocenters. The van der Waals surface area contributed by atoms with Crippen LogP contribution in [-0.2, 0) is 10.0 Å². The molecule has 1 aliphatic heterocycles. The second kappa shape index (κ2) is 8.01. The number of sulfonamides is 1. The lowest BCUT2D eigenvalue weighted by Gasteiger charge is -2.30. The van der Waals surface area contributed by atoms with Gasteiger partial charge in [0, 0.05) is 24.8 Å². The van der Waals surface area contributed by atoms with E-state index in [1.54, 1.807) is 22.5 Å². The summed E-state index contributed by atoms with van der Waals surface area (Å²) in [5.41, 5.74) is 0.709. The molecule has 1 aromatic carbocycles. The molecule has 2 fully saturated rings. The Morgan fingerprint density at radius 2 is 1.88 bits per heavy atom. The van der Waals surface area contributed by atoms with Gasteiger partial charge in [-0.25, -0.2) is 8.42 Å². The van der Waals surface area contributed by atoms with Gasteiger partial charge in [0.2, 0.25) is 10.0 Å². The number of benzene rings is 1. The van der Waals surface area contributed by atoms with Gasteiger partial charge in [-0.05, 0) is 62.0 Å². The Kier molecular flexibility index (Phi) is 5.96. The van der Waals surface area contributed by atoms with Gasteiger partial charge in [-0.3, -0.25) is 0 Å². The van der Waals surface area contributed by atoms with Crippen LogP contribution in [0.5, 0.6) is 0 Å². The van der Waals surface area contributed by atoms with E-state index in [2.05, 4.69) is 17.6 Å². The minimum absolute atomic E-state index is 0.327. The van der Waals surface area contributed by atoms with Crippen molar-refractivity contribution < 1.29 is 8.42 Å². The summed E-state index contributed by atoms with van der Waals surface area (Å²) in [4.78, 5) is 0.327. The fourth-order valence-corrected chi connectivity index (χ4v) is 5.51. The molecule has 7 heteroatoms. The molecule has 3 rings (SSSR count). The molecule has 1 aromatic rings. The largest absolute Gasteiger partial charge is 0.359 e. The van der Waals surface area contributed by atoms with Gasteiger partial charge >= 0.3 is 0 Å². The molecule has 0 aromatic heterocycles. The van der Waals surface area contributed by atoms with E-state index in [1.807, 2.05) is 6.07 Å². The molecule has 1 heterocycles. The van der Waals surface area contributed by atoms with E-state index in [1.165, 1.54) is 19.3 Å². The van der Waals surface area contributed by atoms with Crippen molar-refractivity contribution in [3.05, 3.63) is 24.3 Å². The van der Waals surface area contributed by atoms with Gasteiger partial charge in [-0.1, -0.05) is 25.8 Å². The van der Waals surface area contributed by atoms with E-state index in [0.717, 1.165) is 19.3 Å². The average molecular weight is 382 g/mol. The molecule has 1 aliphatic carbocycles. The molecular formula is C18H27N3O2S2. The molecule has 5 nitrogen and oxygen atoms in total. The first kappa shape index (κ1) is 18.6. The van der Waals surface area contributed by atoms with Crippen molar-refractivity contribution in [2.45, 2.75) is 56.4 Å². The molecule has 25 heavy (non-hydrogen) atoms. The normalized spacial score (nSPS) is 24.8. The highest BCUT2D eigenvalue weighted by Crippen LogP contribution is 2.25. The summed E-state index contributed by atoms with van der Waals surface area (Å²) in [6, 6.07) is 7.33. The second-order valence-electron chi connectivity index (χ2n) is 7.11. The summed E-state index contributed by atoms with van der Waals surface area (Å²) in [6.45, 7) is 3.47. The van der Waals surface area contributed by atoms with Crippen molar-refractivity contribution in [2.24, 2.45) is 5.92 Å². The Hall–Kier alpha value is -1.18. The summed E-state index contributed by atoms with van der Waals surface area (Å²) in [5, 5.41) is 7.11. The number of hydrogen-bond donors (Lipinski definition) is 2. The van der Waals surface area contributed by atoms with E-state index >= 15 is 0 Å². The Morgan fingerprint density at radius 1 is 1.16 bits per heavy atom. The highest BCUT2D eigenvalue weighted by molar-refractivity contribution is 7.89. The summed E-state index contributed by atoms with van der Waals surface area (Å²) in [5.74, 6) is 0.607. The molecule has 2 N–H and O–H groups in total. The van der Waals surface area contributed by atoms with E-state index in [-0.39, 0.29) is 0 Å². The van der Waals surface area contributed by atoms with Crippen LogP contribution >= 0.6 is 12.2 Å². The lowest BCUT2D eigenvalue weighted by molar-refractivity contribution is 0.309. The number of hydrogen-bond acceptors (Lipinski definition) is 3. The topological polar surface area (TPSA) is 61.4 Å². The molecule has 2 aliphatic rings. The highest BCUT2D eigenvalue weighted by atomic mass is 32.2. The fourth-order valence-electron chi connectivity index (χ4n) is 3.68. The zero-order valence-electron chi connectivity index (χ0n) is 14.7. The predicted octanol–water partition coefficient (Wildman–Crippen LogP) is 3.34. The third-order valence-electron chi connectivity index (χ3n) is 5.22. The molecule has 138 valence electrons. The average Bonchev–Trinajstić information content (AvgIpc) is 3.12. The molecular weight excluding hydrogens is 354 g/mol. The summed E-state index contributed by atoms with van der Waals surface area (Å²) >= 11 is 5.43. The monoisotopic (exact) mass is 381 g/mol. The number of anilines is 1. The van der Waals surface area contributed by atoms with E-state index in [9.17, 15) is 8.42 Å². The van der Waals surface area contributed by atoms with E-state index in [0.29, 0.717) is 40.7 Å². The molecule has 0 bridgehead atoms. The molecule has 1 saturated heterocycles. The molecule has 1 saturated carbocycles. The van der Waals surface area contributed by atoms with Crippen molar-refractivity contribution in [2.75, 3.05) is 18.4 Å². The van der Waals surface area contributed by atoms with Crippen LogP contribution in [0.3, 0.4) is 0 Å².